The lowest BCUT2D eigenvalue weighted by Crippen LogP contribution is -2.57. The summed E-state index contributed by atoms with van der Waals surface area (Å²) in [6, 6.07) is 13.8. The zero-order chi connectivity index (χ0) is 52.6. The van der Waals surface area contributed by atoms with E-state index in [1.165, 1.54) is 21.9 Å². The Hall–Kier alpha value is -7.97. The third-order valence-electron chi connectivity index (χ3n) is 15.9. The quantitative estimate of drug-likeness (QED) is 0.107. The van der Waals surface area contributed by atoms with Gasteiger partial charge in [0.15, 0.2) is 5.82 Å². The third-order valence-corrected chi connectivity index (χ3v) is 15.9. The molecule has 1 unspecified atom stereocenters. The number of aliphatic hydroxyl groups excluding tert-OH is 1. The average Bonchev–Trinajstić information content (AvgIpc) is 3.99. The number of rotatable bonds is 11. The maximum Gasteiger partial charge on any atom is 0.293 e. The van der Waals surface area contributed by atoms with Gasteiger partial charge in [-0.15, -0.1) is 0 Å². The van der Waals surface area contributed by atoms with E-state index in [-0.39, 0.29) is 47.2 Å². The van der Waals surface area contributed by atoms with Gasteiger partial charge in [0.1, 0.15) is 17.6 Å². The molecule has 0 radical (unpaired) electrons. The van der Waals surface area contributed by atoms with Crippen LogP contribution in [0.25, 0.3) is 11.3 Å². The van der Waals surface area contributed by atoms with Gasteiger partial charge in [-0.3, -0.25) is 53.6 Å². The van der Waals surface area contributed by atoms with Crippen molar-refractivity contribution in [3.63, 3.8) is 0 Å². The lowest BCUT2D eigenvalue weighted by Gasteiger charge is -2.47. The smallest absolute Gasteiger partial charge is 0.293 e. The van der Waals surface area contributed by atoms with Crippen LogP contribution in [-0.2, 0) is 47.4 Å². The molecule has 20 nitrogen and oxygen atoms in total. The van der Waals surface area contributed by atoms with Crippen molar-refractivity contribution in [1.29, 1.82) is 0 Å². The third kappa shape index (κ3) is 8.84. The molecule has 3 saturated heterocycles. The molecule has 6 amide bonds. The highest BCUT2D eigenvalue weighted by molar-refractivity contribution is 6.23. The Bertz CT molecular complexity index is 3320. The van der Waals surface area contributed by atoms with E-state index >= 15 is 0 Å². The average molecular weight is 1020 g/mol. The van der Waals surface area contributed by atoms with Gasteiger partial charge in [-0.05, 0) is 105 Å². The van der Waals surface area contributed by atoms with Crippen molar-refractivity contribution in [2.45, 2.75) is 90.6 Å². The van der Waals surface area contributed by atoms with Crippen LogP contribution in [0.4, 0.5) is 34.4 Å². The number of aryl methyl sites for hydroxylation is 1. The first-order chi connectivity index (χ1) is 36.0. The van der Waals surface area contributed by atoms with E-state index in [1.54, 1.807) is 48.6 Å². The predicted octanol–water partition coefficient (Wildman–Crippen LogP) is 4.37. The minimum atomic E-state index is -1.02. The van der Waals surface area contributed by atoms with Crippen LogP contribution in [0.15, 0.2) is 78.4 Å². The minimum Gasteiger partial charge on any atom is -0.392 e. The number of aromatic nitrogens is 4. The summed E-state index contributed by atoms with van der Waals surface area (Å²) >= 11 is 0. The standard InChI is InChI=1S/C55H60N12O8/c1-6-46(69)58-40-24-33(57-48-54(75)61(5)29-41(59-48)36-13-16-56-49(39(36)30-68)66-22-21-65-44(53(66)74)23-32-26-55(3,4)27-45(32)65)7-10-42(40)64-20-19-63(28-31(64)2)34-14-17-62(18-15-34)35-8-9-37-38(25-35)52(73)67(51(37)72)43-11-12-47(70)60-50(43)71/h6-10,13,16,23-25,29,31,34,43,68H,1,11-12,14-15,17-22,26-28,30H2,2-5H3,(H,57,59)(H,58,69)(H,60,70,71)/t31-,43?/m0/s1. The molecule has 0 saturated carbocycles. The summed E-state index contributed by atoms with van der Waals surface area (Å²) in [5.41, 5.74) is 7.26. The predicted molar refractivity (Wildman–Crippen MR) is 281 cm³/mol. The number of hydrogen-bond acceptors (Lipinski definition) is 14. The molecule has 388 valence electrons. The number of pyridine rings is 1. The van der Waals surface area contributed by atoms with E-state index in [0.29, 0.717) is 65.4 Å². The summed E-state index contributed by atoms with van der Waals surface area (Å²) in [5.74, 6) is -2.33. The molecule has 75 heavy (non-hydrogen) atoms. The number of hydrogen-bond donors (Lipinski definition) is 4. The number of amides is 6. The molecule has 5 aliphatic heterocycles. The summed E-state index contributed by atoms with van der Waals surface area (Å²) in [4.78, 5) is 111. The number of piperazine rings is 1. The summed E-state index contributed by atoms with van der Waals surface area (Å²) in [6.07, 6.45) is 8.12. The van der Waals surface area contributed by atoms with E-state index < -0.39 is 47.7 Å². The second-order valence-corrected chi connectivity index (χ2v) is 21.3. The molecule has 1 aliphatic carbocycles. The molecule has 2 atom stereocenters. The number of piperidine rings is 2. The van der Waals surface area contributed by atoms with Crippen molar-refractivity contribution < 1.29 is 33.9 Å². The van der Waals surface area contributed by atoms with Crippen molar-refractivity contribution in [2.75, 3.05) is 64.6 Å². The molecular formula is C55H60N12O8. The van der Waals surface area contributed by atoms with Crippen LogP contribution >= 0.6 is 0 Å². The highest BCUT2D eigenvalue weighted by Gasteiger charge is 2.45. The Morgan fingerprint density at radius 1 is 0.893 bits per heavy atom. The Morgan fingerprint density at radius 3 is 2.43 bits per heavy atom. The minimum absolute atomic E-state index is 0.0135. The lowest BCUT2D eigenvalue weighted by molar-refractivity contribution is -0.136. The van der Waals surface area contributed by atoms with Gasteiger partial charge in [0, 0.05) is 112 Å². The Balaban J connectivity index is 0.767. The van der Waals surface area contributed by atoms with Crippen LogP contribution in [0, 0.1) is 5.41 Å². The number of aliphatic hydroxyl groups is 1. The molecule has 2 aromatic carbocycles. The zero-order valence-electron chi connectivity index (χ0n) is 42.5. The first kappa shape index (κ1) is 49.3. The van der Waals surface area contributed by atoms with Crippen LogP contribution in [0.2, 0.25) is 0 Å². The number of carbonyl (C=O) groups is 6. The number of fused-ring (bicyclic) bond motifs is 4. The van der Waals surface area contributed by atoms with E-state index in [9.17, 15) is 38.7 Å². The van der Waals surface area contributed by atoms with Crippen molar-refractivity contribution in [2.24, 2.45) is 12.5 Å². The number of carbonyl (C=O) groups excluding carboxylic acids is 6. The van der Waals surface area contributed by atoms with Crippen LogP contribution in [0.1, 0.15) is 94.5 Å². The molecule has 11 rings (SSSR count). The summed E-state index contributed by atoms with van der Waals surface area (Å²) in [7, 11) is 1.62. The topological polar surface area (TPSA) is 228 Å². The summed E-state index contributed by atoms with van der Waals surface area (Å²) in [6.45, 7) is 14.6. The Morgan fingerprint density at radius 2 is 1.68 bits per heavy atom. The number of nitrogens with zero attached hydrogens (tertiary/aromatic N) is 9. The lowest BCUT2D eigenvalue weighted by atomic mass is 9.90. The van der Waals surface area contributed by atoms with Crippen molar-refractivity contribution in [3.8, 4) is 11.3 Å². The van der Waals surface area contributed by atoms with Gasteiger partial charge in [0.05, 0.1) is 34.8 Å². The van der Waals surface area contributed by atoms with Gasteiger partial charge in [-0.25, -0.2) is 9.97 Å². The van der Waals surface area contributed by atoms with Gasteiger partial charge in [-0.2, -0.15) is 0 Å². The molecule has 4 N–H and O–H groups in total. The van der Waals surface area contributed by atoms with Crippen LogP contribution in [0.5, 0.6) is 0 Å². The van der Waals surface area contributed by atoms with Crippen molar-refractivity contribution in [3.05, 3.63) is 118 Å². The number of anilines is 6. The normalized spacial score (nSPS) is 20.8. The molecule has 0 spiro atoms. The molecule has 8 heterocycles. The maximum atomic E-state index is 14.1. The van der Waals surface area contributed by atoms with Gasteiger partial charge >= 0.3 is 0 Å². The van der Waals surface area contributed by atoms with E-state index in [4.69, 9.17) is 4.98 Å². The molecule has 3 aromatic heterocycles. The highest BCUT2D eigenvalue weighted by Crippen LogP contribution is 2.41. The first-order valence-corrected chi connectivity index (χ1v) is 25.7. The van der Waals surface area contributed by atoms with Crippen molar-refractivity contribution in [1.82, 2.24) is 34.2 Å². The molecule has 0 bridgehead atoms. The van der Waals surface area contributed by atoms with Crippen LogP contribution in [-0.4, -0.2) is 127 Å². The second kappa shape index (κ2) is 19.1. The molecule has 3 fully saturated rings. The Kier molecular flexibility index (Phi) is 12.5. The van der Waals surface area contributed by atoms with E-state index in [2.05, 4.69) is 67.6 Å². The maximum absolute atomic E-state index is 14.1. The van der Waals surface area contributed by atoms with Crippen molar-refractivity contribution >= 4 is 69.8 Å². The fourth-order valence-electron chi connectivity index (χ4n) is 12.1. The largest absolute Gasteiger partial charge is 0.392 e. The molecule has 6 aliphatic rings. The van der Waals surface area contributed by atoms with Gasteiger partial charge in [-0.1, -0.05) is 20.4 Å². The van der Waals surface area contributed by atoms with E-state index in [0.717, 1.165) is 68.1 Å². The monoisotopic (exact) mass is 1020 g/mol. The fourth-order valence-corrected chi connectivity index (χ4v) is 12.1. The SMILES string of the molecule is C=CC(=O)Nc1cc(Nc2nc(-c3ccnc(N4CCn5c(cc6c5CC(C)(C)C6)C4=O)c3CO)cn(C)c2=O)ccc1N1CCN(C2CCN(c3ccc4c(c3)C(=O)N(C3CCC(=O)NC3=O)C4=O)CC2)C[C@@H]1C. The number of benzene rings is 2. The van der Waals surface area contributed by atoms with Crippen LogP contribution in [0.3, 0.4) is 0 Å². The number of nitrogens with one attached hydrogen (secondary N) is 3. The summed E-state index contributed by atoms with van der Waals surface area (Å²) < 4.78 is 3.54. The van der Waals surface area contributed by atoms with Gasteiger partial charge in [0.25, 0.3) is 23.3 Å². The number of imide groups is 2. The first-order valence-electron chi connectivity index (χ1n) is 25.7. The highest BCUT2D eigenvalue weighted by atomic mass is 16.3. The van der Waals surface area contributed by atoms with E-state index in [1.807, 2.05) is 24.3 Å². The second-order valence-electron chi connectivity index (χ2n) is 21.3. The van der Waals surface area contributed by atoms with Gasteiger partial charge < -0.3 is 34.7 Å². The van der Waals surface area contributed by atoms with Crippen LogP contribution < -0.4 is 36.2 Å². The zero-order valence-corrected chi connectivity index (χ0v) is 42.5. The molecular weight excluding hydrogens is 957 g/mol. The molecule has 5 aromatic rings. The van der Waals surface area contributed by atoms with Gasteiger partial charge in [0.2, 0.25) is 17.7 Å². The Labute approximate surface area is 433 Å². The fraction of sp³-hybridized carbons (Fsp3) is 0.400. The summed E-state index contributed by atoms with van der Waals surface area (Å²) in [5, 5.41) is 19.3. The molecule has 20 heteroatoms.